The predicted octanol–water partition coefficient (Wildman–Crippen LogP) is 2.87. The molecule has 1 aliphatic heterocycles. The molecule has 1 fully saturated rings. The Balaban J connectivity index is 0.00000220. The first kappa shape index (κ1) is 18.1. The zero-order chi connectivity index (χ0) is 14.4. The summed E-state index contributed by atoms with van der Waals surface area (Å²) in [6.07, 6.45) is 4.15. The fraction of sp³-hybridized carbons (Fsp3) is 0.533. The summed E-state index contributed by atoms with van der Waals surface area (Å²) in [5.41, 5.74) is 5.62. The number of nitrogens with zero attached hydrogens (tertiary/aromatic N) is 1. The maximum absolute atomic E-state index is 12.3. The molecule has 0 radical (unpaired) electrons. The van der Waals surface area contributed by atoms with Crippen molar-refractivity contribution in [3.05, 3.63) is 29.3 Å². The monoisotopic (exact) mass is 332 g/mol. The van der Waals surface area contributed by atoms with Gasteiger partial charge in [0.25, 0.3) is 5.91 Å². The second-order valence-electron chi connectivity index (χ2n) is 5.06. The van der Waals surface area contributed by atoms with Gasteiger partial charge in [0.2, 0.25) is 0 Å². The normalized spacial score (nSPS) is 18.0. The molecule has 118 valence electrons. The summed E-state index contributed by atoms with van der Waals surface area (Å²) in [7, 11) is 0. The number of ether oxygens (including phenoxy) is 1. The number of rotatable bonds is 5. The van der Waals surface area contributed by atoms with Gasteiger partial charge in [0.05, 0.1) is 0 Å². The van der Waals surface area contributed by atoms with Gasteiger partial charge in [-0.2, -0.15) is 0 Å². The molecule has 1 atom stereocenters. The summed E-state index contributed by atoms with van der Waals surface area (Å²) in [5, 5.41) is 0.655. The minimum atomic E-state index is 0. The van der Waals surface area contributed by atoms with Gasteiger partial charge in [-0.3, -0.25) is 4.79 Å². The molecule has 2 N–H and O–H groups in total. The zero-order valence-corrected chi connectivity index (χ0v) is 13.5. The number of nitrogens with two attached hydrogens (primary N) is 1. The smallest absolute Gasteiger partial charge is 0.260 e. The molecule has 1 aromatic carbocycles. The van der Waals surface area contributed by atoms with Crippen LogP contribution in [0, 0.1) is 0 Å². The predicted molar refractivity (Wildman–Crippen MR) is 87.2 cm³/mol. The first-order chi connectivity index (χ1) is 9.70. The molecule has 6 heteroatoms. The van der Waals surface area contributed by atoms with E-state index in [1.165, 1.54) is 6.42 Å². The van der Waals surface area contributed by atoms with Gasteiger partial charge in [-0.15, -0.1) is 12.4 Å². The molecular weight excluding hydrogens is 311 g/mol. The van der Waals surface area contributed by atoms with Crippen LogP contribution in [-0.2, 0) is 4.79 Å². The van der Waals surface area contributed by atoms with Crippen molar-refractivity contribution in [1.82, 2.24) is 4.90 Å². The molecular formula is C15H22Cl2N2O2. The molecule has 1 aliphatic rings. The number of amides is 1. The van der Waals surface area contributed by atoms with Crippen LogP contribution in [0.1, 0.15) is 25.7 Å². The van der Waals surface area contributed by atoms with E-state index in [4.69, 9.17) is 22.1 Å². The first-order valence-corrected chi connectivity index (χ1v) is 7.46. The third kappa shape index (κ3) is 5.38. The van der Waals surface area contributed by atoms with E-state index in [2.05, 4.69) is 0 Å². The Labute approximate surface area is 137 Å². The average molecular weight is 333 g/mol. The van der Waals surface area contributed by atoms with Crippen LogP contribution in [0.3, 0.4) is 0 Å². The van der Waals surface area contributed by atoms with Crippen molar-refractivity contribution in [2.45, 2.75) is 31.7 Å². The highest BCUT2D eigenvalue weighted by Gasteiger charge is 2.26. The highest BCUT2D eigenvalue weighted by Crippen LogP contribution is 2.20. The Kier molecular flexibility index (Phi) is 7.86. The third-order valence-corrected chi connectivity index (χ3v) is 3.88. The minimum absolute atomic E-state index is 0. The second-order valence-corrected chi connectivity index (χ2v) is 5.49. The topological polar surface area (TPSA) is 55.6 Å². The van der Waals surface area contributed by atoms with Crippen LogP contribution in [0.25, 0.3) is 0 Å². The molecule has 1 aromatic rings. The number of hydrogen-bond donors (Lipinski definition) is 1. The van der Waals surface area contributed by atoms with Crippen LogP contribution in [0.15, 0.2) is 24.3 Å². The van der Waals surface area contributed by atoms with Crippen molar-refractivity contribution < 1.29 is 9.53 Å². The summed E-state index contributed by atoms with van der Waals surface area (Å²) in [6, 6.07) is 7.31. The number of carbonyl (C=O) groups excluding carboxylic acids is 1. The highest BCUT2D eigenvalue weighted by atomic mass is 35.5. The third-order valence-electron chi connectivity index (χ3n) is 3.62. The van der Waals surface area contributed by atoms with Crippen molar-refractivity contribution in [2.24, 2.45) is 5.73 Å². The van der Waals surface area contributed by atoms with Gasteiger partial charge >= 0.3 is 0 Å². The van der Waals surface area contributed by atoms with Gasteiger partial charge in [0, 0.05) is 17.6 Å². The van der Waals surface area contributed by atoms with E-state index in [-0.39, 0.29) is 31.0 Å². The largest absolute Gasteiger partial charge is 0.484 e. The summed E-state index contributed by atoms with van der Waals surface area (Å²) in [4.78, 5) is 14.2. The molecule has 1 heterocycles. The van der Waals surface area contributed by atoms with Crippen LogP contribution >= 0.6 is 24.0 Å². The van der Waals surface area contributed by atoms with Gasteiger partial charge in [0.1, 0.15) is 5.75 Å². The highest BCUT2D eigenvalue weighted by molar-refractivity contribution is 6.30. The Hall–Kier alpha value is -0.970. The molecule has 21 heavy (non-hydrogen) atoms. The van der Waals surface area contributed by atoms with Crippen molar-refractivity contribution in [3.8, 4) is 5.75 Å². The average Bonchev–Trinajstić information content (AvgIpc) is 2.47. The molecule has 2 rings (SSSR count). The van der Waals surface area contributed by atoms with Gasteiger partial charge in [0.15, 0.2) is 6.61 Å². The Morgan fingerprint density at radius 1 is 1.33 bits per heavy atom. The fourth-order valence-corrected chi connectivity index (χ4v) is 2.71. The minimum Gasteiger partial charge on any atom is -0.484 e. The Morgan fingerprint density at radius 2 is 2.05 bits per heavy atom. The maximum atomic E-state index is 12.3. The van der Waals surface area contributed by atoms with E-state index in [9.17, 15) is 4.79 Å². The van der Waals surface area contributed by atoms with Crippen LogP contribution in [0.2, 0.25) is 5.02 Å². The molecule has 1 unspecified atom stereocenters. The molecule has 4 nitrogen and oxygen atoms in total. The van der Waals surface area contributed by atoms with Crippen molar-refractivity contribution in [2.75, 3.05) is 19.7 Å². The van der Waals surface area contributed by atoms with Crippen LogP contribution in [0.5, 0.6) is 5.75 Å². The van der Waals surface area contributed by atoms with Crippen molar-refractivity contribution in [3.63, 3.8) is 0 Å². The number of benzene rings is 1. The lowest BCUT2D eigenvalue weighted by Crippen LogP contribution is -2.46. The summed E-state index contributed by atoms with van der Waals surface area (Å²) < 4.78 is 5.52. The van der Waals surface area contributed by atoms with Crippen LogP contribution in [-0.4, -0.2) is 36.5 Å². The number of halogens is 2. The molecule has 0 aromatic heterocycles. The molecule has 0 bridgehead atoms. The lowest BCUT2D eigenvalue weighted by molar-refractivity contribution is -0.137. The zero-order valence-electron chi connectivity index (χ0n) is 12.0. The standard InChI is InChI=1S/C15H21ClN2O2.ClH/c16-12-4-6-14(7-5-12)20-11-15(19)18-10-2-1-3-13(18)8-9-17;/h4-7,13H,1-3,8-11,17H2;1H. The van der Waals surface area contributed by atoms with E-state index in [1.54, 1.807) is 24.3 Å². The lowest BCUT2D eigenvalue weighted by atomic mass is 9.99. The molecule has 0 aliphatic carbocycles. The lowest BCUT2D eigenvalue weighted by Gasteiger charge is -2.35. The summed E-state index contributed by atoms with van der Waals surface area (Å²) >= 11 is 5.81. The quantitative estimate of drug-likeness (QED) is 0.901. The number of piperidine rings is 1. The van der Waals surface area contributed by atoms with Crippen LogP contribution < -0.4 is 10.5 Å². The molecule has 1 amide bonds. The maximum Gasteiger partial charge on any atom is 0.260 e. The first-order valence-electron chi connectivity index (χ1n) is 7.08. The van der Waals surface area contributed by atoms with E-state index in [1.807, 2.05) is 4.90 Å². The van der Waals surface area contributed by atoms with Gasteiger partial charge in [-0.05, 0) is 56.5 Å². The van der Waals surface area contributed by atoms with E-state index < -0.39 is 0 Å². The molecule has 0 saturated carbocycles. The SMILES string of the molecule is Cl.NCCC1CCCCN1C(=O)COc1ccc(Cl)cc1. The Morgan fingerprint density at radius 3 is 2.71 bits per heavy atom. The van der Waals surface area contributed by atoms with Gasteiger partial charge in [-0.25, -0.2) is 0 Å². The molecule has 1 saturated heterocycles. The van der Waals surface area contributed by atoms with Gasteiger partial charge in [-0.1, -0.05) is 11.6 Å². The summed E-state index contributed by atoms with van der Waals surface area (Å²) in [5.74, 6) is 0.702. The van der Waals surface area contributed by atoms with Crippen molar-refractivity contribution >= 4 is 29.9 Å². The Bertz CT molecular complexity index is 438. The van der Waals surface area contributed by atoms with Crippen LogP contribution in [0.4, 0.5) is 0 Å². The van der Waals surface area contributed by atoms with E-state index in [0.29, 0.717) is 17.3 Å². The fourth-order valence-electron chi connectivity index (χ4n) is 2.58. The summed E-state index contributed by atoms with van der Waals surface area (Å²) in [6.45, 7) is 1.50. The number of carbonyl (C=O) groups is 1. The van der Waals surface area contributed by atoms with E-state index >= 15 is 0 Å². The second kappa shape index (κ2) is 9.13. The van der Waals surface area contributed by atoms with Gasteiger partial charge < -0.3 is 15.4 Å². The molecule has 0 spiro atoms. The number of hydrogen-bond acceptors (Lipinski definition) is 3. The van der Waals surface area contributed by atoms with Crippen molar-refractivity contribution in [1.29, 1.82) is 0 Å². The van der Waals surface area contributed by atoms with E-state index in [0.717, 1.165) is 25.8 Å². The number of likely N-dealkylation sites (tertiary alicyclic amines) is 1.